The number of aromatic nitrogens is 2. The van der Waals surface area contributed by atoms with Gasteiger partial charge in [0.2, 0.25) is 0 Å². The highest BCUT2D eigenvalue weighted by molar-refractivity contribution is 6.00. The number of hydrogen-bond acceptors (Lipinski definition) is 5. The summed E-state index contributed by atoms with van der Waals surface area (Å²) in [4.78, 5) is 39.6. The third-order valence-electron chi connectivity index (χ3n) is 5.56. The molecule has 2 atom stereocenters. The molecule has 0 aliphatic rings. The number of aromatic amines is 2. The summed E-state index contributed by atoms with van der Waals surface area (Å²) in [6, 6.07) is 7.89. The van der Waals surface area contributed by atoms with E-state index in [1.165, 1.54) is 48.8 Å². The maximum Gasteiger partial charge on any atom is 0.271 e. The largest absolute Gasteiger partial charge is 0.361 e. The summed E-state index contributed by atoms with van der Waals surface area (Å²) in [5.74, 6) is -3.29. The molecule has 0 fully saturated rings. The number of rotatable bonds is 8. The third kappa shape index (κ3) is 3.47. The monoisotopic (exact) mass is 442 g/mol. The van der Waals surface area contributed by atoms with Crippen LogP contribution in [-0.4, -0.2) is 38.9 Å². The van der Waals surface area contributed by atoms with Crippen LogP contribution in [0.15, 0.2) is 48.8 Å². The minimum absolute atomic E-state index is 0.163. The fourth-order valence-electron chi connectivity index (χ4n) is 3.94. The molecular formula is C21H16F2N4O5. The van der Waals surface area contributed by atoms with E-state index in [0.717, 1.165) is 0 Å². The van der Waals surface area contributed by atoms with Gasteiger partial charge in [0.25, 0.3) is 11.4 Å². The highest BCUT2D eigenvalue weighted by Gasteiger charge is 2.33. The van der Waals surface area contributed by atoms with Crippen LogP contribution in [0.5, 0.6) is 0 Å². The molecular weight excluding hydrogens is 426 g/mol. The number of nitrogens with zero attached hydrogens (tertiary/aromatic N) is 2. The normalized spacial score (nSPS) is 13.3. The molecule has 164 valence electrons. The van der Waals surface area contributed by atoms with Gasteiger partial charge in [0, 0.05) is 47.4 Å². The molecule has 2 aromatic carbocycles. The van der Waals surface area contributed by atoms with Crippen molar-refractivity contribution < 1.29 is 23.4 Å². The minimum atomic E-state index is -1.30. The van der Waals surface area contributed by atoms with Crippen LogP contribution in [0.4, 0.5) is 20.2 Å². The van der Waals surface area contributed by atoms with Crippen LogP contribution in [0.2, 0.25) is 0 Å². The Morgan fingerprint density at radius 1 is 0.812 bits per heavy atom. The second-order valence-corrected chi connectivity index (χ2v) is 7.28. The lowest BCUT2D eigenvalue weighted by Gasteiger charge is -2.18. The smallest absolute Gasteiger partial charge is 0.271 e. The van der Waals surface area contributed by atoms with Gasteiger partial charge >= 0.3 is 0 Å². The molecule has 11 heteroatoms. The van der Waals surface area contributed by atoms with Crippen molar-refractivity contribution in [3.63, 3.8) is 0 Å². The minimum Gasteiger partial charge on any atom is -0.361 e. The summed E-state index contributed by atoms with van der Waals surface area (Å²) in [6.07, 6.45) is 2.79. The summed E-state index contributed by atoms with van der Waals surface area (Å²) in [5.41, 5.74) is 0.938. The molecule has 0 radical (unpaired) electrons. The number of nitro groups is 2. The molecule has 0 saturated carbocycles. The predicted molar refractivity (Wildman–Crippen MR) is 112 cm³/mol. The van der Waals surface area contributed by atoms with E-state index in [1.807, 2.05) is 0 Å². The number of carbonyl (C=O) groups is 1. The van der Waals surface area contributed by atoms with E-state index in [1.54, 1.807) is 0 Å². The zero-order valence-electron chi connectivity index (χ0n) is 16.4. The Morgan fingerprint density at radius 3 is 1.56 bits per heavy atom. The number of non-ortho nitro benzene ring substituents is 2. The number of hydrogen-bond donors (Lipinski definition) is 2. The Bertz CT molecular complexity index is 1260. The molecule has 0 aliphatic carbocycles. The predicted octanol–water partition coefficient (Wildman–Crippen LogP) is 4.84. The Labute approximate surface area is 178 Å². The number of benzene rings is 2. The molecule has 4 aromatic rings. The number of halogens is 2. The molecule has 2 heterocycles. The van der Waals surface area contributed by atoms with Gasteiger partial charge in [-0.1, -0.05) is 0 Å². The van der Waals surface area contributed by atoms with Crippen molar-refractivity contribution in [2.45, 2.75) is 11.8 Å². The van der Waals surface area contributed by atoms with E-state index in [0.29, 0.717) is 21.8 Å². The van der Waals surface area contributed by atoms with Gasteiger partial charge in [0.05, 0.1) is 32.7 Å². The topological polar surface area (TPSA) is 135 Å². The highest BCUT2D eigenvalue weighted by atomic mass is 19.1. The molecule has 0 bridgehead atoms. The number of alkyl halides is 2. The second kappa shape index (κ2) is 8.17. The third-order valence-corrected chi connectivity index (χ3v) is 5.56. The molecule has 0 amide bonds. The summed E-state index contributed by atoms with van der Waals surface area (Å²) in [5, 5.41) is 22.8. The zero-order chi connectivity index (χ0) is 23.0. The lowest BCUT2D eigenvalue weighted by atomic mass is 9.84. The van der Waals surface area contributed by atoms with E-state index in [4.69, 9.17) is 0 Å². The first-order valence-electron chi connectivity index (χ1n) is 9.52. The summed E-state index contributed by atoms with van der Waals surface area (Å²) in [6.45, 7) is -2.18. The fourth-order valence-corrected chi connectivity index (χ4v) is 3.94. The van der Waals surface area contributed by atoms with Crippen LogP contribution < -0.4 is 0 Å². The number of Topliss-reactive ketones (excluding diaryl/α,β-unsaturated/α-hetero) is 1. The average molecular weight is 442 g/mol. The van der Waals surface area contributed by atoms with Crippen LogP contribution >= 0.6 is 0 Å². The number of ketones is 1. The van der Waals surface area contributed by atoms with Crippen molar-refractivity contribution in [1.82, 2.24) is 9.97 Å². The Balaban J connectivity index is 1.72. The summed E-state index contributed by atoms with van der Waals surface area (Å²) in [7, 11) is 0. The van der Waals surface area contributed by atoms with Gasteiger partial charge in [-0.3, -0.25) is 25.0 Å². The van der Waals surface area contributed by atoms with Crippen LogP contribution in [0.3, 0.4) is 0 Å². The Kier molecular flexibility index (Phi) is 5.39. The molecule has 32 heavy (non-hydrogen) atoms. The van der Waals surface area contributed by atoms with Gasteiger partial charge in [-0.05, 0) is 23.3 Å². The fraction of sp³-hybridized carbons (Fsp3) is 0.190. The van der Waals surface area contributed by atoms with Crippen LogP contribution in [-0.2, 0) is 4.79 Å². The molecule has 2 N–H and O–H groups in total. The number of carbonyl (C=O) groups excluding carboxylic acids is 1. The van der Waals surface area contributed by atoms with E-state index < -0.39 is 40.8 Å². The van der Waals surface area contributed by atoms with Crippen molar-refractivity contribution in [2.75, 3.05) is 13.3 Å². The van der Waals surface area contributed by atoms with E-state index in [9.17, 15) is 33.8 Å². The average Bonchev–Trinajstić information content (AvgIpc) is 3.39. The maximum atomic E-state index is 14.1. The lowest BCUT2D eigenvalue weighted by molar-refractivity contribution is -0.384. The van der Waals surface area contributed by atoms with Gasteiger partial charge in [-0.15, -0.1) is 0 Å². The van der Waals surface area contributed by atoms with Crippen molar-refractivity contribution in [3.05, 3.63) is 80.1 Å². The number of H-pyrrole nitrogens is 2. The van der Waals surface area contributed by atoms with E-state index in [2.05, 4.69) is 9.97 Å². The number of fused-ring (bicyclic) bond motifs is 2. The standard InChI is InChI=1S/C21H16F2N4O5/c22-7-15(17-9-24-19-5-11(26(29)30)1-3-13(17)19)21(28)16(8-23)18-10-25-20-6-12(27(31)32)2-4-14(18)20/h1-6,9-10,15-16,24-25H,7-8H2. The van der Waals surface area contributed by atoms with Crippen molar-refractivity contribution >= 4 is 39.0 Å². The van der Waals surface area contributed by atoms with Gasteiger partial charge in [-0.2, -0.15) is 0 Å². The quantitative estimate of drug-likeness (QED) is 0.297. The Morgan fingerprint density at radius 2 is 1.22 bits per heavy atom. The SMILES string of the molecule is O=C(C(CF)c1c[nH]c2cc([N+](=O)[O-])ccc12)C(CF)c1c[nH]c2cc([N+](=O)[O-])ccc12. The van der Waals surface area contributed by atoms with Gasteiger partial charge < -0.3 is 9.97 Å². The van der Waals surface area contributed by atoms with Gasteiger partial charge in [-0.25, -0.2) is 8.78 Å². The molecule has 2 aromatic heterocycles. The van der Waals surface area contributed by atoms with Crippen LogP contribution in [0.25, 0.3) is 21.8 Å². The van der Waals surface area contributed by atoms with Gasteiger partial charge in [0.15, 0.2) is 5.78 Å². The van der Waals surface area contributed by atoms with Crippen molar-refractivity contribution in [2.24, 2.45) is 0 Å². The van der Waals surface area contributed by atoms with E-state index >= 15 is 0 Å². The highest BCUT2D eigenvalue weighted by Crippen LogP contribution is 2.36. The second-order valence-electron chi connectivity index (χ2n) is 7.28. The number of nitrogens with one attached hydrogen (secondary N) is 2. The number of nitro benzene ring substituents is 2. The molecule has 4 rings (SSSR count). The molecule has 0 spiro atoms. The first-order chi connectivity index (χ1) is 15.3. The van der Waals surface area contributed by atoms with E-state index in [-0.39, 0.29) is 22.5 Å². The molecule has 0 aliphatic heterocycles. The molecule has 0 saturated heterocycles. The summed E-state index contributed by atoms with van der Waals surface area (Å²) < 4.78 is 28.1. The Hall–Kier alpha value is -4.15. The maximum absolute atomic E-state index is 14.1. The molecule has 9 nitrogen and oxygen atoms in total. The summed E-state index contributed by atoms with van der Waals surface area (Å²) >= 11 is 0. The first-order valence-corrected chi connectivity index (χ1v) is 9.52. The van der Waals surface area contributed by atoms with Crippen molar-refractivity contribution in [3.8, 4) is 0 Å². The van der Waals surface area contributed by atoms with Crippen LogP contribution in [0, 0.1) is 20.2 Å². The lowest BCUT2D eigenvalue weighted by Crippen LogP contribution is -2.23. The van der Waals surface area contributed by atoms with Crippen LogP contribution in [0.1, 0.15) is 23.0 Å². The zero-order valence-corrected chi connectivity index (χ0v) is 16.4. The molecule has 2 unspecified atom stereocenters. The van der Waals surface area contributed by atoms with Crippen molar-refractivity contribution in [1.29, 1.82) is 0 Å². The van der Waals surface area contributed by atoms with Gasteiger partial charge in [0.1, 0.15) is 13.3 Å². The first kappa shape index (κ1) is 21.1.